The molecule has 32 heavy (non-hydrogen) atoms. The van der Waals surface area contributed by atoms with Crippen LogP contribution in [0.1, 0.15) is 21.6 Å². The van der Waals surface area contributed by atoms with Crippen molar-refractivity contribution in [1.82, 2.24) is 15.0 Å². The molecule has 0 aliphatic rings. The van der Waals surface area contributed by atoms with Crippen molar-refractivity contribution in [2.45, 2.75) is 13.1 Å². The average molecular weight is 434 g/mol. The molecule has 4 aromatic rings. The van der Waals surface area contributed by atoms with Crippen LogP contribution in [-0.2, 0) is 6.18 Å². The van der Waals surface area contributed by atoms with Crippen molar-refractivity contribution < 1.29 is 18.0 Å². The van der Waals surface area contributed by atoms with Crippen LogP contribution in [0, 0.1) is 6.92 Å². The molecular formula is C24H17F3N4O. The minimum absolute atomic E-state index is 0.127. The zero-order valence-corrected chi connectivity index (χ0v) is 16.9. The van der Waals surface area contributed by atoms with Crippen LogP contribution in [0.15, 0.2) is 79.4 Å². The van der Waals surface area contributed by atoms with Crippen molar-refractivity contribution in [3.63, 3.8) is 0 Å². The fourth-order valence-corrected chi connectivity index (χ4v) is 3.22. The van der Waals surface area contributed by atoms with Gasteiger partial charge in [-0.25, -0.2) is 0 Å². The van der Waals surface area contributed by atoms with Crippen LogP contribution >= 0.6 is 0 Å². The van der Waals surface area contributed by atoms with Gasteiger partial charge in [-0.2, -0.15) is 13.2 Å². The Labute approximate surface area is 182 Å². The Balaban J connectivity index is 1.62. The van der Waals surface area contributed by atoms with E-state index in [4.69, 9.17) is 0 Å². The van der Waals surface area contributed by atoms with E-state index < -0.39 is 17.8 Å². The summed E-state index contributed by atoms with van der Waals surface area (Å²) in [4.78, 5) is 24.2. The third kappa shape index (κ3) is 4.64. The van der Waals surface area contributed by atoms with Gasteiger partial charge in [-0.3, -0.25) is 19.7 Å². The second-order valence-electron chi connectivity index (χ2n) is 7.08. The summed E-state index contributed by atoms with van der Waals surface area (Å²) < 4.78 is 38.7. The van der Waals surface area contributed by atoms with Gasteiger partial charge in [0.15, 0.2) is 0 Å². The summed E-state index contributed by atoms with van der Waals surface area (Å²) >= 11 is 0. The molecular weight excluding hydrogens is 417 g/mol. The van der Waals surface area contributed by atoms with Crippen LogP contribution in [0.5, 0.6) is 0 Å². The summed E-state index contributed by atoms with van der Waals surface area (Å²) in [6.07, 6.45) is 1.42. The zero-order valence-electron chi connectivity index (χ0n) is 16.9. The Morgan fingerprint density at radius 2 is 1.56 bits per heavy atom. The summed E-state index contributed by atoms with van der Waals surface area (Å²) in [5.41, 5.74) is 3.64. The Morgan fingerprint density at radius 1 is 0.844 bits per heavy atom. The van der Waals surface area contributed by atoms with Crippen molar-refractivity contribution in [2.24, 2.45) is 0 Å². The molecule has 0 spiro atoms. The first-order chi connectivity index (χ1) is 15.3. The second-order valence-corrected chi connectivity index (χ2v) is 7.08. The van der Waals surface area contributed by atoms with Gasteiger partial charge >= 0.3 is 6.18 Å². The Kier molecular flexibility index (Phi) is 5.68. The van der Waals surface area contributed by atoms with Gasteiger partial charge in [-0.15, -0.1) is 0 Å². The van der Waals surface area contributed by atoms with Gasteiger partial charge in [-0.05, 0) is 72.1 Å². The number of nitrogens with zero attached hydrogens (tertiary/aromatic N) is 3. The monoisotopic (exact) mass is 434 g/mol. The number of alkyl halides is 3. The molecule has 1 aromatic carbocycles. The van der Waals surface area contributed by atoms with Crippen molar-refractivity contribution in [1.29, 1.82) is 0 Å². The summed E-state index contributed by atoms with van der Waals surface area (Å²) in [7, 11) is 0. The Hall–Kier alpha value is -4.07. The number of pyridine rings is 3. The quantitative estimate of drug-likeness (QED) is 0.442. The number of hydrogen-bond donors (Lipinski definition) is 1. The number of carbonyl (C=O) groups is 1. The van der Waals surface area contributed by atoms with E-state index in [1.807, 2.05) is 37.3 Å². The van der Waals surface area contributed by atoms with Crippen molar-refractivity contribution >= 4 is 11.6 Å². The zero-order chi connectivity index (χ0) is 22.7. The first-order valence-electron chi connectivity index (χ1n) is 9.63. The summed E-state index contributed by atoms with van der Waals surface area (Å²) in [6.45, 7) is 1.94. The van der Waals surface area contributed by atoms with Gasteiger partial charge in [0.1, 0.15) is 5.69 Å². The SMILES string of the molecule is Cc1ccc(NC(=O)c2ccnc(C(F)(F)F)c2)cc1-c1ccnc(-c2ccncc2)c1. The maximum absolute atomic E-state index is 12.9. The molecule has 0 fully saturated rings. The Bertz CT molecular complexity index is 1270. The van der Waals surface area contributed by atoms with Crippen LogP contribution in [0.4, 0.5) is 18.9 Å². The van der Waals surface area contributed by atoms with Gasteiger partial charge in [0.05, 0.1) is 5.69 Å². The van der Waals surface area contributed by atoms with E-state index in [0.29, 0.717) is 5.69 Å². The molecule has 1 N–H and O–H groups in total. The number of aryl methyl sites for hydroxylation is 1. The highest BCUT2D eigenvalue weighted by Crippen LogP contribution is 2.30. The number of anilines is 1. The molecule has 0 aliphatic carbocycles. The number of rotatable bonds is 4. The molecule has 0 unspecified atom stereocenters. The first-order valence-corrected chi connectivity index (χ1v) is 9.63. The molecule has 1 amide bonds. The standard InChI is InChI=1S/C24H17F3N4O/c1-15-2-3-19(31-23(32)18-7-11-30-22(13-18)24(25,26)27)14-20(15)17-6-10-29-21(12-17)16-4-8-28-9-5-16/h2-14H,1H3,(H,31,32). The number of aromatic nitrogens is 3. The molecule has 0 bridgehead atoms. The minimum atomic E-state index is -4.62. The number of hydrogen-bond acceptors (Lipinski definition) is 4. The number of halogens is 3. The molecule has 5 nitrogen and oxygen atoms in total. The van der Waals surface area contributed by atoms with E-state index in [9.17, 15) is 18.0 Å². The second kappa shape index (κ2) is 8.58. The van der Waals surface area contributed by atoms with Gasteiger partial charge in [-0.1, -0.05) is 6.07 Å². The third-order valence-corrected chi connectivity index (χ3v) is 4.86. The molecule has 0 atom stereocenters. The van der Waals surface area contributed by atoms with Crippen LogP contribution < -0.4 is 5.32 Å². The van der Waals surface area contributed by atoms with Crippen molar-refractivity contribution in [3.8, 4) is 22.4 Å². The molecule has 0 radical (unpaired) electrons. The molecule has 3 aromatic heterocycles. The highest BCUT2D eigenvalue weighted by molar-refractivity contribution is 6.04. The molecule has 8 heteroatoms. The van der Waals surface area contributed by atoms with Gasteiger partial charge in [0.2, 0.25) is 0 Å². The van der Waals surface area contributed by atoms with Gasteiger partial charge in [0.25, 0.3) is 5.91 Å². The molecule has 160 valence electrons. The first kappa shape index (κ1) is 21.2. The van der Waals surface area contributed by atoms with E-state index >= 15 is 0 Å². The number of amides is 1. The van der Waals surface area contributed by atoms with Crippen molar-refractivity contribution in [3.05, 3.63) is 96.2 Å². The van der Waals surface area contributed by atoms with Crippen LogP contribution in [0.3, 0.4) is 0 Å². The average Bonchev–Trinajstić information content (AvgIpc) is 2.80. The van der Waals surface area contributed by atoms with E-state index in [-0.39, 0.29) is 5.56 Å². The summed E-state index contributed by atoms with van der Waals surface area (Å²) in [6, 6.07) is 14.8. The Morgan fingerprint density at radius 3 is 2.31 bits per heavy atom. The number of carbonyl (C=O) groups excluding carboxylic acids is 1. The topological polar surface area (TPSA) is 67.8 Å². The number of nitrogens with one attached hydrogen (secondary N) is 1. The largest absolute Gasteiger partial charge is 0.433 e. The smallest absolute Gasteiger partial charge is 0.322 e. The number of benzene rings is 1. The molecule has 0 saturated carbocycles. The van der Waals surface area contributed by atoms with E-state index in [2.05, 4.69) is 20.3 Å². The van der Waals surface area contributed by atoms with Gasteiger partial charge < -0.3 is 5.32 Å². The third-order valence-electron chi connectivity index (χ3n) is 4.86. The summed E-state index contributed by atoms with van der Waals surface area (Å²) in [5.74, 6) is -0.653. The molecule has 0 aliphatic heterocycles. The fraction of sp³-hybridized carbons (Fsp3) is 0.0833. The van der Waals surface area contributed by atoms with Crippen molar-refractivity contribution in [2.75, 3.05) is 5.32 Å². The van der Waals surface area contributed by atoms with Crippen LogP contribution in [-0.4, -0.2) is 20.9 Å². The van der Waals surface area contributed by atoms with Gasteiger partial charge in [0, 0.05) is 41.6 Å². The van der Waals surface area contributed by atoms with E-state index in [1.54, 1.807) is 30.7 Å². The lowest BCUT2D eigenvalue weighted by molar-refractivity contribution is -0.141. The lowest BCUT2D eigenvalue weighted by Crippen LogP contribution is -2.15. The lowest BCUT2D eigenvalue weighted by atomic mass is 9.99. The molecule has 4 rings (SSSR count). The maximum atomic E-state index is 12.9. The lowest BCUT2D eigenvalue weighted by Gasteiger charge is -2.12. The predicted molar refractivity (Wildman–Crippen MR) is 115 cm³/mol. The highest BCUT2D eigenvalue weighted by atomic mass is 19.4. The van der Waals surface area contributed by atoms with Crippen LogP contribution in [0.2, 0.25) is 0 Å². The summed E-state index contributed by atoms with van der Waals surface area (Å²) in [5, 5.41) is 2.66. The maximum Gasteiger partial charge on any atom is 0.433 e. The normalized spacial score (nSPS) is 11.2. The predicted octanol–water partition coefficient (Wildman–Crippen LogP) is 5.79. The van der Waals surface area contributed by atoms with Crippen LogP contribution in [0.25, 0.3) is 22.4 Å². The molecule has 3 heterocycles. The highest BCUT2D eigenvalue weighted by Gasteiger charge is 2.32. The molecule has 0 saturated heterocycles. The minimum Gasteiger partial charge on any atom is -0.322 e. The fourth-order valence-electron chi connectivity index (χ4n) is 3.22. The van der Waals surface area contributed by atoms with E-state index in [1.165, 1.54) is 6.07 Å². The van der Waals surface area contributed by atoms with E-state index in [0.717, 1.165) is 40.2 Å².